The van der Waals surface area contributed by atoms with E-state index in [9.17, 15) is 14.9 Å². The van der Waals surface area contributed by atoms with Gasteiger partial charge in [0.1, 0.15) is 0 Å². The first kappa shape index (κ1) is 13.7. The number of nitrogens with zero attached hydrogens (tertiary/aromatic N) is 2. The maximum Gasteiger partial charge on any atom is 0.269 e. The molecule has 0 aliphatic heterocycles. The average molecular weight is 271 g/mol. The van der Waals surface area contributed by atoms with Crippen LogP contribution >= 0.6 is 0 Å². The Morgan fingerprint density at radius 3 is 2.40 bits per heavy atom. The summed E-state index contributed by atoms with van der Waals surface area (Å²) in [6, 6.07) is 9.30. The van der Waals surface area contributed by atoms with E-state index in [2.05, 4.69) is 10.3 Å². The molecule has 0 radical (unpaired) electrons. The highest BCUT2D eigenvalue weighted by atomic mass is 16.6. The van der Waals surface area contributed by atoms with Crippen LogP contribution < -0.4 is 5.32 Å². The SMILES string of the molecule is O=C(NCCc1ccncc1)c1ccc([N+](=O)[O-])cc1. The summed E-state index contributed by atoms with van der Waals surface area (Å²) in [6.45, 7) is 0.500. The van der Waals surface area contributed by atoms with Crippen LogP contribution in [0.5, 0.6) is 0 Å². The number of amides is 1. The Balaban J connectivity index is 1.87. The minimum atomic E-state index is -0.495. The maximum atomic E-state index is 11.8. The molecule has 0 aliphatic carbocycles. The molecular formula is C14H13N3O3. The molecule has 6 nitrogen and oxygen atoms in total. The first-order chi connectivity index (χ1) is 9.66. The maximum absolute atomic E-state index is 11.8. The van der Waals surface area contributed by atoms with Crippen molar-refractivity contribution in [3.05, 3.63) is 70.0 Å². The number of nitro groups is 1. The molecule has 2 rings (SSSR count). The van der Waals surface area contributed by atoms with Crippen molar-refractivity contribution >= 4 is 11.6 Å². The monoisotopic (exact) mass is 271 g/mol. The van der Waals surface area contributed by atoms with Gasteiger partial charge in [-0.25, -0.2) is 0 Å². The quantitative estimate of drug-likeness (QED) is 0.665. The van der Waals surface area contributed by atoms with E-state index >= 15 is 0 Å². The summed E-state index contributed by atoms with van der Waals surface area (Å²) in [5.41, 5.74) is 1.47. The minimum Gasteiger partial charge on any atom is -0.352 e. The van der Waals surface area contributed by atoms with Gasteiger partial charge in [0.15, 0.2) is 0 Å². The van der Waals surface area contributed by atoms with E-state index in [1.54, 1.807) is 12.4 Å². The van der Waals surface area contributed by atoms with Gasteiger partial charge in [-0.15, -0.1) is 0 Å². The van der Waals surface area contributed by atoms with Crippen molar-refractivity contribution in [2.45, 2.75) is 6.42 Å². The third-order valence-corrected chi connectivity index (χ3v) is 2.79. The number of carbonyl (C=O) groups excluding carboxylic acids is 1. The average Bonchev–Trinajstić information content (AvgIpc) is 2.48. The van der Waals surface area contributed by atoms with E-state index < -0.39 is 4.92 Å². The predicted molar refractivity (Wildman–Crippen MR) is 73.4 cm³/mol. The summed E-state index contributed by atoms with van der Waals surface area (Å²) in [5.74, 6) is -0.242. The number of nitro benzene ring substituents is 1. The lowest BCUT2D eigenvalue weighted by Crippen LogP contribution is -2.25. The van der Waals surface area contributed by atoms with Crippen molar-refractivity contribution in [1.29, 1.82) is 0 Å². The number of hydrogen-bond acceptors (Lipinski definition) is 4. The molecule has 1 aromatic heterocycles. The summed E-state index contributed by atoms with van der Waals surface area (Å²) in [5, 5.41) is 13.3. The van der Waals surface area contributed by atoms with Crippen LogP contribution in [0.3, 0.4) is 0 Å². The van der Waals surface area contributed by atoms with Gasteiger partial charge in [-0.1, -0.05) is 0 Å². The second kappa shape index (κ2) is 6.42. The van der Waals surface area contributed by atoms with E-state index in [1.165, 1.54) is 24.3 Å². The lowest BCUT2D eigenvalue weighted by atomic mass is 10.1. The van der Waals surface area contributed by atoms with Crippen LogP contribution in [0.15, 0.2) is 48.8 Å². The first-order valence-corrected chi connectivity index (χ1v) is 6.08. The molecule has 2 aromatic rings. The first-order valence-electron chi connectivity index (χ1n) is 6.08. The molecule has 20 heavy (non-hydrogen) atoms. The molecule has 0 atom stereocenters. The van der Waals surface area contributed by atoms with Crippen molar-refractivity contribution in [2.24, 2.45) is 0 Å². The summed E-state index contributed by atoms with van der Waals surface area (Å²) in [4.78, 5) is 25.8. The van der Waals surface area contributed by atoms with Gasteiger partial charge in [0.2, 0.25) is 0 Å². The summed E-state index contributed by atoms with van der Waals surface area (Å²) >= 11 is 0. The lowest BCUT2D eigenvalue weighted by molar-refractivity contribution is -0.384. The highest BCUT2D eigenvalue weighted by Crippen LogP contribution is 2.11. The lowest BCUT2D eigenvalue weighted by Gasteiger charge is -2.05. The zero-order valence-electron chi connectivity index (χ0n) is 10.7. The third-order valence-electron chi connectivity index (χ3n) is 2.79. The fourth-order valence-corrected chi connectivity index (χ4v) is 1.71. The van der Waals surface area contributed by atoms with E-state index in [4.69, 9.17) is 0 Å². The minimum absolute atomic E-state index is 0.0293. The van der Waals surface area contributed by atoms with Crippen molar-refractivity contribution in [1.82, 2.24) is 10.3 Å². The van der Waals surface area contributed by atoms with Gasteiger partial charge in [0.05, 0.1) is 4.92 Å². The van der Waals surface area contributed by atoms with Crippen molar-refractivity contribution in [2.75, 3.05) is 6.54 Å². The van der Waals surface area contributed by atoms with E-state index in [0.717, 1.165) is 5.56 Å². The number of benzene rings is 1. The number of nitrogens with one attached hydrogen (secondary N) is 1. The highest BCUT2D eigenvalue weighted by Gasteiger charge is 2.08. The smallest absolute Gasteiger partial charge is 0.269 e. The van der Waals surface area contributed by atoms with Crippen molar-refractivity contribution < 1.29 is 9.72 Å². The molecule has 0 saturated heterocycles. The molecule has 1 heterocycles. The molecular weight excluding hydrogens is 258 g/mol. The van der Waals surface area contributed by atoms with Gasteiger partial charge in [-0.05, 0) is 36.2 Å². The number of aromatic nitrogens is 1. The number of rotatable bonds is 5. The van der Waals surface area contributed by atoms with Gasteiger partial charge in [-0.2, -0.15) is 0 Å². The number of hydrogen-bond donors (Lipinski definition) is 1. The van der Waals surface area contributed by atoms with Gasteiger partial charge in [0.25, 0.3) is 11.6 Å². The fourth-order valence-electron chi connectivity index (χ4n) is 1.71. The standard InChI is InChI=1S/C14H13N3O3/c18-14(12-1-3-13(4-2-12)17(19)20)16-10-7-11-5-8-15-9-6-11/h1-6,8-9H,7,10H2,(H,16,18). The molecule has 102 valence electrons. The van der Waals surface area contributed by atoms with E-state index in [-0.39, 0.29) is 11.6 Å². The molecule has 0 spiro atoms. The molecule has 0 saturated carbocycles. The van der Waals surface area contributed by atoms with Gasteiger partial charge >= 0.3 is 0 Å². The van der Waals surface area contributed by atoms with Crippen LogP contribution in [0.25, 0.3) is 0 Å². The van der Waals surface area contributed by atoms with Crippen molar-refractivity contribution in [3.8, 4) is 0 Å². The second-order valence-corrected chi connectivity index (χ2v) is 4.17. The normalized spacial score (nSPS) is 10.0. The molecule has 0 unspecified atom stereocenters. The van der Waals surface area contributed by atoms with E-state index in [1.807, 2.05) is 12.1 Å². The largest absolute Gasteiger partial charge is 0.352 e. The molecule has 0 aliphatic rings. The molecule has 1 aromatic carbocycles. The summed E-state index contributed by atoms with van der Waals surface area (Å²) in [7, 11) is 0. The Labute approximate surface area is 115 Å². The molecule has 0 fully saturated rings. The molecule has 1 N–H and O–H groups in total. The number of pyridine rings is 1. The van der Waals surface area contributed by atoms with Gasteiger partial charge in [-0.3, -0.25) is 19.9 Å². The second-order valence-electron chi connectivity index (χ2n) is 4.17. The number of carbonyl (C=O) groups is 1. The molecule has 6 heteroatoms. The predicted octanol–water partition coefficient (Wildman–Crippen LogP) is 1.96. The Bertz CT molecular complexity index is 597. The molecule has 0 bridgehead atoms. The summed E-state index contributed by atoms with van der Waals surface area (Å²) < 4.78 is 0. The van der Waals surface area contributed by atoms with Gasteiger partial charge in [0, 0.05) is 36.6 Å². The van der Waals surface area contributed by atoms with Crippen LogP contribution in [0, 0.1) is 10.1 Å². The number of non-ortho nitro benzene ring substituents is 1. The molecule has 1 amide bonds. The van der Waals surface area contributed by atoms with Gasteiger partial charge < -0.3 is 5.32 Å². The summed E-state index contributed by atoms with van der Waals surface area (Å²) in [6.07, 6.45) is 4.11. The van der Waals surface area contributed by atoms with Crippen LogP contribution in [-0.4, -0.2) is 22.4 Å². The van der Waals surface area contributed by atoms with Crippen LogP contribution in [0.1, 0.15) is 15.9 Å². The van der Waals surface area contributed by atoms with E-state index in [0.29, 0.717) is 18.5 Å². The van der Waals surface area contributed by atoms with Crippen LogP contribution in [-0.2, 0) is 6.42 Å². The Morgan fingerprint density at radius 2 is 1.80 bits per heavy atom. The van der Waals surface area contributed by atoms with Crippen LogP contribution in [0.2, 0.25) is 0 Å². The highest BCUT2D eigenvalue weighted by molar-refractivity contribution is 5.94. The van der Waals surface area contributed by atoms with Crippen molar-refractivity contribution in [3.63, 3.8) is 0 Å². The third kappa shape index (κ3) is 3.61. The Hall–Kier alpha value is -2.76. The topological polar surface area (TPSA) is 85.1 Å². The Kier molecular flexibility index (Phi) is 4.39. The zero-order chi connectivity index (χ0) is 14.4. The fraction of sp³-hybridized carbons (Fsp3) is 0.143. The van der Waals surface area contributed by atoms with Crippen LogP contribution in [0.4, 0.5) is 5.69 Å². The Morgan fingerprint density at radius 1 is 1.15 bits per heavy atom. The zero-order valence-corrected chi connectivity index (χ0v) is 10.7.